The van der Waals surface area contributed by atoms with Gasteiger partial charge in [-0.1, -0.05) is 0 Å². The molecule has 17 heavy (non-hydrogen) atoms. The standard InChI is InChI=1S/C13H18N4/c1-10-5-7-15-9-12(10)13(14)4-3-11-6-8-16-17(11)2/h5-9,13H,3-4,14H2,1-2H3. The third kappa shape index (κ3) is 2.71. The Hall–Kier alpha value is -1.68. The Kier molecular flexibility index (Phi) is 3.54. The van der Waals surface area contributed by atoms with Gasteiger partial charge >= 0.3 is 0 Å². The summed E-state index contributed by atoms with van der Waals surface area (Å²) in [6, 6.07) is 4.07. The highest BCUT2D eigenvalue weighted by atomic mass is 15.2. The van der Waals surface area contributed by atoms with Crippen molar-refractivity contribution in [3.05, 3.63) is 47.5 Å². The number of rotatable bonds is 4. The molecule has 1 atom stereocenters. The first kappa shape index (κ1) is 11.8. The van der Waals surface area contributed by atoms with Gasteiger partial charge in [0, 0.05) is 37.4 Å². The number of aryl methyl sites for hydroxylation is 3. The molecule has 0 saturated carbocycles. The summed E-state index contributed by atoms with van der Waals surface area (Å²) in [5, 5.41) is 4.15. The maximum atomic E-state index is 6.19. The van der Waals surface area contributed by atoms with Gasteiger partial charge in [0.2, 0.25) is 0 Å². The third-order valence-electron chi connectivity index (χ3n) is 3.11. The summed E-state index contributed by atoms with van der Waals surface area (Å²) in [4.78, 5) is 4.13. The number of nitrogens with two attached hydrogens (primary N) is 1. The molecule has 0 saturated heterocycles. The van der Waals surface area contributed by atoms with E-state index in [1.54, 1.807) is 6.20 Å². The smallest absolute Gasteiger partial charge is 0.0492 e. The minimum Gasteiger partial charge on any atom is -0.324 e. The first-order valence-corrected chi connectivity index (χ1v) is 5.81. The quantitative estimate of drug-likeness (QED) is 0.870. The van der Waals surface area contributed by atoms with E-state index in [4.69, 9.17) is 5.73 Å². The van der Waals surface area contributed by atoms with E-state index in [0.29, 0.717) is 0 Å². The molecule has 1 unspecified atom stereocenters. The van der Waals surface area contributed by atoms with Gasteiger partial charge < -0.3 is 5.73 Å². The molecule has 0 aliphatic rings. The van der Waals surface area contributed by atoms with Crippen molar-refractivity contribution in [2.45, 2.75) is 25.8 Å². The van der Waals surface area contributed by atoms with Crippen LogP contribution in [0.15, 0.2) is 30.7 Å². The van der Waals surface area contributed by atoms with Crippen LogP contribution in [0.25, 0.3) is 0 Å². The first-order chi connectivity index (χ1) is 8.18. The van der Waals surface area contributed by atoms with Crippen molar-refractivity contribution in [2.75, 3.05) is 0 Å². The molecule has 4 heteroatoms. The van der Waals surface area contributed by atoms with Crippen molar-refractivity contribution < 1.29 is 0 Å². The fourth-order valence-corrected chi connectivity index (χ4v) is 1.97. The van der Waals surface area contributed by atoms with Gasteiger partial charge in [0.15, 0.2) is 0 Å². The van der Waals surface area contributed by atoms with E-state index in [0.717, 1.165) is 18.4 Å². The first-order valence-electron chi connectivity index (χ1n) is 5.81. The van der Waals surface area contributed by atoms with E-state index >= 15 is 0 Å². The number of nitrogens with zero attached hydrogens (tertiary/aromatic N) is 3. The van der Waals surface area contributed by atoms with Gasteiger partial charge in [-0.25, -0.2) is 0 Å². The van der Waals surface area contributed by atoms with Crippen LogP contribution in [0.3, 0.4) is 0 Å². The van der Waals surface area contributed by atoms with Gasteiger partial charge in [0.25, 0.3) is 0 Å². The van der Waals surface area contributed by atoms with Gasteiger partial charge in [-0.15, -0.1) is 0 Å². The SMILES string of the molecule is Cc1ccncc1C(N)CCc1ccnn1C. The van der Waals surface area contributed by atoms with Crippen LogP contribution in [0.4, 0.5) is 0 Å². The van der Waals surface area contributed by atoms with Gasteiger partial charge in [0.1, 0.15) is 0 Å². The molecule has 0 aromatic carbocycles. The van der Waals surface area contributed by atoms with E-state index < -0.39 is 0 Å². The molecule has 4 nitrogen and oxygen atoms in total. The number of hydrogen-bond acceptors (Lipinski definition) is 3. The molecule has 0 spiro atoms. The van der Waals surface area contributed by atoms with Crippen molar-refractivity contribution in [3.8, 4) is 0 Å². The van der Waals surface area contributed by atoms with Crippen molar-refractivity contribution in [3.63, 3.8) is 0 Å². The minimum atomic E-state index is 0.0404. The molecule has 0 aliphatic heterocycles. The lowest BCUT2D eigenvalue weighted by molar-refractivity contribution is 0.610. The van der Waals surface area contributed by atoms with Crippen LogP contribution in [-0.4, -0.2) is 14.8 Å². The van der Waals surface area contributed by atoms with Crippen molar-refractivity contribution in [1.82, 2.24) is 14.8 Å². The second kappa shape index (κ2) is 5.10. The van der Waals surface area contributed by atoms with E-state index in [2.05, 4.69) is 17.0 Å². The maximum absolute atomic E-state index is 6.19. The van der Waals surface area contributed by atoms with Gasteiger partial charge in [-0.05, 0) is 43.0 Å². The zero-order valence-electron chi connectivity index (χ0n) is 10.3. The van der Waals surface area contributed by atoms with Gasteiger partial charge in [-0.2, -0.15) is 5.10 Å². The van der Waals surface area contributed by atoms with E-state index in [1.165, 1.54) is 11.3 Å². The molecule has 0 radical (unpaired) electrons. The Morgan fingerprint density at radius 2 is 2.18 bits per heavy atom. The zero-order chi connectivity index (χ0) is 12.3. The second-order valence-electron chi connectivity index (χ2n) is 4.32. The molecular formula is C13H18N4. The van der Waals surface area contributed by atoms with E-state index in [1.807, 2.05) is 36.3 Å². The Morgan fingerprint density at radius 1 is 1.35 bits per heavy atom. The van der Waals surface area contributed by atoms with Crippen LogP contribution < -0.4 is 5.73 Å². The lowest BCUT2D eigenvalue weighted by Crippen LogP contribution is -2.14. The Bertz CT molecular complexity index is 490. The maximum Gasteiger partial charge on any atom is 0.0492 e. The number of pyridine rings is 1. The molecule has 2 rings (SSSR count). The highest BCUT2D eigenvalue weighted by molar-refractivity contribution is 5.24. The van der Waals surface area contributed by atoms with Crippen LogP contribution in [0.1, 0.15) is 29.3 Å². The molecule has 0 amide bonds. The topological polar surface area (TPSA) is 56.7 Å². The Morgan fingerprint density at radius 3 is 2.82 bits per heavy atom. The average Bonchev–Trinajstić information content (AvgIpc) is 2.72. The molecule has 90 valence electrons. The van der Waals surface area contributed by atoms with Crippen LogP contribution in [-0.2, 0) is 13.5 Å². The molecule has 0 aliphatic carbocycles. The summed E-state index contributed by atoms with van der Waals surface area (Å²) in [5.74, 6) is 0. The highest BCUT2D eigenvalue weighted by Gasteiger charge is 2.10. The van der Waals surface area contributed by atoms with Crippen molar-refractivity contribution in [1.29, 1.82) is 0 Å². The van der Waals surface area contributed by atoms with Crippen LogP contribution >= 0.6 is 0 Å². The minimum absolute atomic E-state index is 0.0404. The summed E-state index contributed by atoms with van der Waals surface area (Å²) < 4.78 is 1.89. The Labute approximate surface area is 101 Å². The zero-order valence-corrected chi connectivity index (χ0v) is 10.3. The number of hydrogen-bond donors (Lipinski definition) is 1. The second-order valence-corrected chi connectivity index (χ2v) is 4.32. The third-order valence-corrected chi connectivity index (χ3v) is 3.11. The summed E-state index contributed by atoms with van der Waals surface area (Å²) >= 11 is 0. The summed E-state index contributed by atoms with van der Waals surface area (Å²) in [6.07, 6.45) is 7.32. The van der Waals surface area contributed by atoms with E-state index in [9.17, 15) is 0 Å². The molecule has 2 heterocycles. The predicted molar refractivity (Wildman–Crippen MR) is 67.4 cm³/mol. The summed E-state index contributed by atoms with van der Waals surface area (Å²) in [5.41, 5.74) is 9.74. The molecular weight excluding hydrogens is 212 g/mol. The lowest BCUT2D eigenvalue weighted by atomic mass is 10.00. The van der Waals surface area contributed by atoms with Crippen molar-refractivity contribution >= 4 is 0 Å². The normalized spacial score (nSPS) is 12.6. The Balaban J connectivity index is 2.01. The molecule has 2 aromatic rings. The molecule has 0 bridgehead atoms. The largest absolute Gasteiger partial charge is 0.324 e. The summed E-state index contributed by atoms with van der Waals surface area (Å²) in [6.45, 7) is 2.07. The highest BCUT2D eigenvalue weighted by Crippen LogP contribution is 2.18. The molecule has 2 N–H and O–H groups in total. The lowest BCUT2D eigenvalue weighted by Gasteiger charge is -2.13. The fourth-order valence-electron chi connectivity index (χ4n) is 1.97. The average molecular weight is 230 g/mol. The van der Waals surface area contributed by atoms with Gasteiger partial charge in [0.05, 0.1) is 0 Å². The molecule has 0 fully saturated rings. The number of aromatic nitrogens is 3. The van der Waals surface area contributed by atoms with E-state index in [-0.39, 0.29) is 6.04 Å². The van der Waals surface area contributed by atoms with Crippen LogP contribution in [0.2, 0.25) is 0 Å². The van der Waals surface area contributed by atoms with Crippen LogP contribution in [0, 0.1) is 6.92 Å². The predicted octanol–water partition coefficient (Wildman–Crippen LogP) is 1.76. The van der Waals surface area contributed by atoms with Crippen LogP contribution in [0.5, 0.6) is 0 Å². The summed E-state index contributed by atoms with van der Waals surface area (Å²) in [7, 11) is 1.95. The van der Waals surface area contributed by atoms with Gasteiger partial charge in [-0.3, -0.25) is 9.67 Å². The monoisotopic (exact) mass is 230 g/mol. The fraction of sp³-hybridized carbons (Fsp3) is 0.385. The molecule has 2 aromatic heterocycles. The van der Waals surface area contributed by atoms with Crippen molar-refractivity contribution in [2.24, 2.45) is 12.8 Å².